The number of benzene rings is 2. The molecule has 1 aliphatic rings. The second kappa shape index (κ2) is 9.17. The Hall–Kier alpha value is -3.06. The lowest BCUT2D eigenvalue weighted by Gasteiger charge is -2.30. The predicted octanol–water partition coefficient (Wildman–Crippen LogP) is 3.71. The molecule has 2 aromatic carbocycles. The van der Waals surface area contributed by atoms with Crippen molar-refractivity contribution in [2.24, 2.45) is 5.92 Å². The first-order valence-corrected chi connectivity index (χ1v) is 10.2. The number of carbonyl (C=O) groups excluding carboxylic acids is 1. The van der Waals surface area contributed by atoms with Crippen LogP contribution in [0.25, 0.3) is 11.4 Å². The van der Waals surface area contributed by atoms with Crippen molar-refractivity contribution in [3.05, 3.63) is 71.4 Å². The number of hydrogen-bond donors (Lipinski definition) is 1. The second-order valence-corrected chi connectivity index (χ2v) is 7.77. The van der Waals surface area contributed by atoms with Gasteiger partial charge in [0.2, 0.25) is 17.6 Å². The van der Waals surface area contributed by atoms with Gasteiger partial charge < -0.3 is 9.84 Å². The van der Waals surface area contributed by atoms with Crippen molar-refractivity contribution in [2.45, 2.75) is 32.9 Å². The zero-order valence-corrected chi connectivity index (χ0v) is 17.0. The maximum absolute atomic E-state index is 13.0. The summed E-state index contributed by atoms with van der Waals surface area (Å²) >= 11 is 0. The van der Waals surface area contributed by atoms with E-state index in [-0.39, 0.29) is 17.6 Å². The number of rotatable bonds is 6. The first-order chi connectivity index (χ1) is 14.6. The van der Waals surface area contributed by atoms with Gasteiger partial charge in [0.15, 0.2) is 0 Å². The molecule has 2 heterocycles. The fourth-order valence-electron chi connectivity index (χ4n) is 3.62. The average Bonchev–Trinajstić information content (AvgIpc) is 3.22. The van der Waals surface area contributed by atoms with Gasteiger partial charge in [-0.25, -0.2) is 4.39 Å². The van der Waals surface area contributed by atoms with Gasteiger partial charge in [-0.3, -0.25) is 9.69 Å². The monoisotopic (exact) mass is 408 g/mol. The number of aryl methyl sites for hydroxylation is 1. The normalized spacial score (nSPS) is 15.3. The smallest absolute Gasteiger partial charge is 0.241 e. The zero-order valence-electron chi connectivity index (χ0n) is 17.0. The number of halogens is 1. The largest absolute Gasteiger partial charge is 0.352 e. The van der Waals surface area contributed by atoms with Crippen LogP contribution in [-0.2, 0) is 17.9 Å². The Balaban J connectivity index is 1.24. The maximum Gasteiger partial charge on any atom is 0.241 e. The maximum atomic E-state index is 13.0. The predicted molar refractivity (Wildman–Crippen MR) is 111 cm³/mol. The van der Waals surface area contributed by atoms with Crippen LogP contribution in [0.2, 0.25) is 0 Å². The lowest BCUT2D eigenvalue weighted by atomic mass is 9.96. The summed E-state index contributed by atoms with van der Waals surface area (Å²) in [5, 5.41) is 7.04. The molecule has 0 unspecified atom stereocenters. The molecule has 0 saturated carbocycles. The number of aromatic nitrogens is 2. The number of piperidine rings is 1. The molecule has 0 atom stereocenters. The van der Waals surface area contributed by atoms with E-state index >= 15 is 0 Å². The third-order valence-corrected chi connectivity index (χ3v) is 5.48. The highest BCUT2D eigenvalue weighted by Crippen LogP contribution is 2.21. The summed E-state index contributed by atoms with van der Waals surface area (Å²) in [7, 11) is 0. The van der Waals surface area contributed by atoms with Crippen LogP contribution in [0.15, 0.2) is 53.1 Å². The SMILES string of the molecule is Cc1ccc(-c2noc(CN3CCC(C(=O)NCc4ccc(F)cc4)CC3)n2)cc1. The Morgan fingerprint density at radius 3 is 2.53 bits per heavy atom. The quantitative estimate of drug-likeness (QED) is 0.673. The van der Waals surface area contributed by atoms with E-state index in [0.29, 0.717) is 24.8 Å². The third-order valence-electron chi connectivity index (χ3n) is 5.48. The molecule has 1 saturated heterocycles. The summed E-state index contributed by atoms with van der Waals surface area (Å²) in [6.45, 7) is 4.65. The molecule has 1 N–H and O–H groups in total. The van der Waals surface area contributed by atoms with Crippen LogP contribution in [0.3, 0.4) is 0 Å². The molecular weight excluding hydrogens is 383 g/mol. The van der Waals surface area contributed by atoms with Gasteiger partial charge in [-0.1, -0.05) is 47.1 Å². The summed E-state index contributed by atoms with van der Waals surface area (Å²) in [4.78, 5) is 19.2. The first kappa shape index (κ1) is 20.2. The van der Waals surface area contributed by atoms with Crippen LogP contribution in [0.5, 0.6) is 0 Å². The Labute approximate surface area is 175 Å². The van der Waals surface area contributed by atoms with Crippen molar-refractivity contribution in [2.75, 3.05) is 13.1 Å². The van der Waals surface area contributed by atoms with E-state index < -0.39 is 0 Å². The number of hydrogen-bond acceptors (Lipinski definition) is 5. The van der Waals surface area contributed by atoms with E-state index in [1.807, 2.05) is 31.2 Å². The van der Waals surface area contributed by atoms with Gasteiger partial charge in [-0.2, -0.15) is 4.98 Å². The highest BCUT2D eigenvalue weighted by atomic mass is 19.1. The molecule has 1 aromatic heterocycles. The Morgan fingerprint density at radius 2 is 1.83 bits per heavy atom. The van der Waals surface area contributed by atoms with E-state index in [4.69, 9.17) is 4.52 Å². The van der Waals surface area contributed by atoms with E-state index in [2.05, 4.69) is 20.4 Å². The van der Waals surface area contributed by atoms with Gasteiger partial charge in [-0.05, 0) is 50.6 Å². The van der Waals surface area contributed by atoms with Crippen LogP contribution in [0.1, 0.15) is 29.9 Å². The van der Waals surface area contributed by atoms with Crippen LogP contribution in [0.4, 0.5) is 4.39 Å². The van der Waals surface area contributed by atoms with E-state index in [9.17, 15) is 9.18 Å². The van der Waals surface area contributed by atoms with Crippen molar-refractivity contribution in [1.82, 2.24) is 20.4 Å². The molecule has 30 heavy (non-hydrogen) atoms. The molecule has 0 aliphatic carbocycles. The van der Waals surface area contributed by atoms with Crippen LogP contribution >= 0.6 is 0 Å². The van der Waals surface area contributed by atoms with E-state index in [0.717, 1.165) is 37.1 Å². The summed E-state index contributed by atoms with van der Waals surface area (Å²) < 4.78 is 18.4. The summed E-state index contributed by atoms with van der Waals surface area (Å²) in [6.07, 6.45) is 1.57. The summed E-state index contributed by atoms with van der Waals surface area (Å²) in [6, 6.07) is 14.2. The zero-order chi connectivity index (χ0) is 20.9. The first-order valence-electron chi connectivity index (χ1n) is 10.2. The van der Waals surface area contributed by atoms with E-state index in [1.54, 1.807) is 12.1 Å². The molecule has 0 bridgehead atoms. The van der Waals surface area contributed by atoms with Crippen LogP contribution in [0, 0.1) is 18.7 Å². The van der Waals surface area contributed by atoms with Crippen molar-refractivity contribution >= 4 is 5.91 Å². The van der Waals surface area contributed by atoms with Gasteiger partial charge in [-0.15, -0.1) is 0 Å². The molecule has 0 radical (unpaired) electrons. The van der Waals surface area contributed by atoms with E-state index in [1.165, 1.54) is 17.7 Å². The molecular formula is C23H25FN4O2. The molecule has 3 aromatic rings. The number of amides is 1. The number of carbonyl (C=O) groups is 1. The molecule has 1 aliphatic heterocycles. The fraction of sp³-hybridized carbons (Fsp3) is 0.348. The topological polar surface area (TPSA) is 71.3 Å². The third kappa shape index (κ3) is 5.10. The van der Waals surface area contributed by atoms with Crippen molar-refractivity contribution < 1.29 is 13.7 Å². The Kier molecular flexibility index (Phi) is 6.18. The number of likely N-dealkylation sites (tertiary alicyclic amines) is 1. The molecule has 156 valence electrons. The highest BCUT2D eigenvalue weighted by molar-refractivity contribution is 5.78. The van der Waals surface area contributed by atoms with Crippen LogP contribution in [-0.4, -0.2) is 34.0 Å². The highest BCUT2D eigenvalue weighted by Gasteiger charge is 2.25. The standard InChI is InChI=1S/C23H25FN4O2/c1-16-2-6-18(7-3-16)22-26-21(30-27-22)15-28-12-10-19(11-13-28)23(29)25-14-17-4-8-20(24)9-5-17/h2-9,19H,10-15H2,1H3,(H,25,29). The molecule has 0 spiro atoms. The molecule has 7 heteroatoms. The fourth-order valence-corrected chi connectivity index (χ4v) is 3.62. The molecule has 6 nitrogen and oxygen atoms in total. The molecule has 1 amide bonds. The summed E-state index contributed by atoms with van der Waals surface area (Å²) in [5.74, 6) is 0.959. The Bertz CT molecular complexity index is 977. The molecule has 4 rings (SSSR count). The minimum atomic E-state index is -0.273. The average molecular weight is 408 g/mol. The van der Waals surface area contributed by atoms with Gasteiger partial charge in [0.05, 0.1) is 6.54 Å². The van der Waals surface area contributed by atoms with Crippen molar-refractivity contribution in [1.29, 1.82) is 0 Å². The molecule has 1 fully saturated rings. The number of nitrogens with zero attached hydrogens (tertiary/aromatic N) is 3. The second-order valence-electron chi connectivity index (χ2n) is 7.77. The van der Waals surface area contributed by atoms with Crippen molar-refractivity contribution in [3.63, 3.8) is 0 Å². The minimum absolute atomic E-state index is 0.00694. The lowest BCUT2D eigenvalue weighted by Crippen LogP contribution is -2.40. The van der Waals surface area contributed by atoms with Gasteiger partial charge in [0.1, 0.15) is 5.82 Å². The Morgan fingerprint density at radius 1 is 1.13 bits per heavy atom. The lowest BCUT2D eigenvalue weighted by molar-refractivity contribution is -0.126. The van der Waals surface area contributed by atoms with Crippen molar-refractivity contribution in [3.8, 4) is 11.4 Å². The number of nitrogens with one attached hydrogen (secondary N) is 1. The van der Waals surface area contributed by atoms with Gasteiger partial charge >= 0.3 is 0 Å². The van der Waals surface area contributed by atoms with Crippen LogP contribution < -0.4 is 5.32 Å². The van der Waals surface area contributed by atoms with Gasteiger partial charge in [0.25, 0.3) is 0 Å². The minimum Gasteiger partial charge on any atom is -0.352 e. The van der Waals surface area contributed by atoms with Gasteiger partial charge in [0, 0.05) is 18.0 Å². The summed E-state index contributed by atoms with van der Waals surface area (Å²) in [5.41, 5.74) is 3.02.